The Bertz CT molecular complexity index is 1650. The average Bonchev–Trinajstić information content (AvgIpc) is 3.59. The van der Waals surface area contributed by atoms with Crippen LogP contribution >= 0.6 is 23.5 Å². The third-order valence-corrected chi connectivity index (χ3v) is 13.1. The third kappa shape index (κ3) is 5.54. The molecule has 0 spiro atoms. The standard InChI is InChI=1S/C36H44N4O5S2/c1-5-30(42)45-36(33(44)47-15-13-37)12-11-27-26-10-9-24-18-28-23(19-34(24,2)31(26)29(41)20-35(27,36)3)21-39-40(28)25-8-6-7-22(17-25)32(43)38-14-16-46-4/h6-8,17-18,21,26-27,29,31,41H,5,9-12,14-16,19-20H2,1-4H3,(H,38,43)/t26-,27-,29-,31+,34-,35-,36-/m0/s1. The van der Waals surface area contributed by atoms with E-state index < -0.39 is 23.1 Å². The minimum Gasteiger partial charge on any atom is -0.449 e. The Morgan fingerprint density at radius 1 is 1.26 bits per heavy atom. The Hall–Kier alpha value is -3.07. The van der Waals surface area contributed by atoms with Crippen molar-refractivity contribution in [2.24, 2.45) is 28.6 Å². The molecule has 1 amide bonds. The predicted molar refractivity (Wildman–Crippen MR) is 184 cm³/mol. The van der Waals surface area contributed by atoms with Gasteiger partial charge < -0.3 is 15.2 Å². The molecule has 47 heavy (non-hydrogen) atoms. The molecule has 2 aromatic rings. The van der Waals surface area contributed by atoms with Crippen LogP contribution in [0, 0.1) is 39.9 Å². The van der Waals surface area contributed by atoms with Crippen LogP contribution in [0.1, 0.15) is 80.9 Å². The number of nitrogens with zero attached hydrogens (tertiary/aromatic N) is 3. The van der Waals surface area contributed by atoms with Crippen LogP contribution in [0.4, 0.5) is 0 Å². The molecule has 7 atom stereocenters. The molecule has 3 saturated carbocycles. The number of thioether (sulfide) groups is 2. The van der Waals surface area contributed by atoms with Gasteiger partial charge in [-0.05, 0) is 97.8 Å². The van der Waals surface area contributed by atoms with Gasteiger partial charge in [0.15, 0.2) is 5.60 Å². The predicted octanol–water partition coefficient (Wildman–Crippen LogP) is 5.59. The summed E-state index contributed by atoms with van der Waals surface area (Å²) >= 11 is 2.61. The van der Waals surface area contributed by atoms with Crippen molar-refractivity contribution in [2.45, 2.75) is 77.4 Å². The monoisotopic (exact) mass is 676 g/mol. The number of aliphatic hydroxyl groups is 1. The lowest BCUT2D eigenvalue weighted by Crippen LogP contribution is -2.62. The topological polar surface area (TPSA) is 134 Å². The highest BCUT2D eigenvalue weighted by Crippen LogP contribution is 2.68. The molecule has 1 aromatic carbocycles. The zero-order valence-electron chi connectivity index (χ0n) is 27.6. The lowest BCUT2D eigenvalue weighted by atomic mass is 9.45. The number of allylic oxidation sites excluding steroid dienone is 1. The molecule has 4 aliphatic rings. The number of hydrogen-bond donors (Lipinski definition) is 2. The number of rotatable bonds is 9. The molecule has 0 radical (unpaired) electrons. The summed E-state index contributed by atoms with van der Waals surface area (Å²) < 4.78 is 8.02. The fourth-order valence-electron chi connectivity index (χ4n) is 9.55. The Morgan fingerprint density at radius 2 is 2.06 bits per heavy atom. The summed E-state index contributed by atoms with van der Waals surface area (Å²) in [6, 6.07) is 9.59. The fourth-order valence-corrected chi connectivity index (χ4v) is 10.7. The van der Waals surface area contributed by atoms with Gasteiger partial charge in [0.05, 0.1) is 35.5 Å². The number of amides is 1. The Labute approximate surface area is 285 Å². The molecule has 9 nitrogen and oxygen atoms in total. The average molecular weight is 677 g/mol. The first-order valence-electron chi connectivity index (χ1n) is 16.6. The maximum absolute atomic E-state index is 13.8. The van der Waals surface area contributed by atoms with E-state index in [2.05, 4.69) is 18.3 Å². The van der Waals surface area contributed by atoms with Crippen LogP contribution in [0.5, 0.6) is 0 Å². The molecule has 0 aliphatic heterocycles. The number of nitriles is 1. The first kappa shape index (κ1) is 33.8. The van der Waals surface area contributed by atoms with E-state index in [0.29, 0.717) is 24.9 Å². The van der Waals surface area contributed by atoms with Crippen LogP contribution in [-0.4, -0.2) is 67.9 Å². The lowest BCUT2D eigenvalue weighted by Gasteiger charge is -2.60. The second-order valence-electron chi connectivity index (χ2n) is 14.0. The number of fused-ring (bicyclic) bond motifs is 6. The van der Waals surface area contributed by atoms with Crippen molar-refractivity contribution in [2.75, 3.05) is 24.3 Å². The SMILES string of the molecule is CCC(=O)O[C@]1(C(=O)SCC#N)CC[C@H]2[C@@H]3CCC4=Cc5c(cnn5-c5cccc(C(=O)NCCSC)c5)C[C@]4(C)[C@H]3[C@@H](O)C[C@@]21C. The molecule has 4 aliphatic carbocycles. The number of carbonyl (C=O) groups excluding carboxylic acids is 3. The Balaban J connectivity index is 1.30. The van der Waals surface area contributed by atoms with Gasteiger partial charge in [0, 0.05) is 29.7 Å². The lowest BCUT2D eigenvalue weighted by molar-refractivity contribution is -0.196. The van der Waals surface area contributed by atoms with E-state index in [9.17, 15) is 24.8 Å². The van der Waals surface area contributed by atoms with Gasteiger partial charge in [-0.1, -0.05) is 44.2 Å². The van der Waals surface area contributed by atoms with Gasteiger partial charge in [-0.2, -0.15) is 22.1 Å². The molecule has 3 fully saturated rings. The van der Waals surface area contributed by atoms with Crippen LogP contribution in [-0.2, 0) is 20.7 Å². The largest absolute Gasteiger partial charge is 0.449 e. The number of ether oxygens (including phenoxy) is 1. The van der Waals surface area contributed by atoms with Gasteiger partial charge in [0.25, 0.3) is 5.91 Å². The van der Waals surface area contributed by atoms with Crippen molar-refractivity contribution in [1.29, 1.82) is 5.26 Å². The molecular formula is C36H44N4O5S2. The zero-order valence-corrected chi connectivity index (χ0v) is 29.2. The van der Waals surface area contributed by atoms with E-state index in [1.807, 2.05) is 54.4 Å². The number of carbonyl (C=O) groups is 3. The normalized spacial score (nSPS) is 32.1. The number of aromatic nitrogens is 2. The molecule has 0 unspecified atom stereocenters. The first-order chi connectivity index (χ1) is 22.5. The third-order valence-electron chi connectivity index (χ3n) is 11.7. The number of aliphatic hydroxyl groups excluding tert-OH is 1. The quantitative estimate of drug-likeness (QED) is 0.257. The van der Waals surface area contributed by atoms with Crippen molar-refractivity contribution in [3.05, 3.63) is 52.9 Å². The van der Waals surface area contributed by atoms with Gasteiger partial charge >= 0.3 is 5.97 Å². The Morgan fingerprint density at radius 3 is 2.81 bits per heavy atom. The smallest absolute Gasteiger partial charge is 0.306 e. The highest BCUT2D eigenvalue weighted by atomic mass is 32.2. The minimum atomic E-state index is -1.35. The Kier molecular flexibility index (Phi) is 9.42. The summed E-state index contributed by atoms with van der Waals surface area (Å²) in [4.78, 5) is 39.3. The van der Waals surface area contributed by atoms with Gasteiger partial charge in [0.1, 0.15) is 0 Å². The highest BCUT2D eigenvalue weighted by Gasteiger charge is 2.70. The molecule has 11 heteroatoms. The van der Waals surface area contributed by atoms with Gasteiger partial charge in [-0.3, -0.25) is 14.4 Å². The van der Waals surface area contributed by atoms with Crippen LogP contribution in [0.3, 0.4) is 0 Å². The van der Waals surface area contributed by atoms with Crippen LogP contribution in [0.15, 0.2) is 36.0 Å². The van der Waals surface area contributed by atoms with E-state index in [0.717, 1.165) is 60.1 Å². The van der Waals surface area contributed by atoms with E-state index in [4.69, 9.17) is 9.84 Å². The van der Waals surface area contributed by atoms with Gasteiger partial charge in [-0.15, -0.1) is 0 Å². The summed E-state index contributed by atoms with van der Waals surface area (Å²) in [6.07, 6.45) is 9.61. The highest BCUT2D eigenvalue weighted by molar-refractivity contribution is 8.14. The number of nitrogens with one attached hydrogen (secondary N) is 1. The number of hydrogen-bond acceptors (Lipinski definition) is 9. The minimum absolute atomic E-state index is 0.00244. The fraction of sp³-hybridized carbons (Fsp3) is 0.583. The molecule has 1 aromatic heterocycles. The second-order valence-corrected chi connectivity index (χ2v) is 15.9. The van der Waals surface area contributed by atoms with Crippen molar-refractivity contribution in [3.63, 3.8) is 0 Å². The summed E-state index contributed by atoms with van der Waals surface area (Å²) in [6.45, 7) is 6.64. The molecule has 0 saturated heterocycles. The zero-order chi connectivity index (χ0) is 33.6. The van der Waals surface area contributed by atoms with Crippen LogP contribution < -0.4 is 5.32 Å². The summed E-state index contributed by atoms with van der Waals surface area (Å²) in [5.41, 5.74) is 2.46. The van der Waals surface area contributed by atoms with Gasteiger partial charge in [0.2, 0.25) is 5.12 Å². The van der Waals surface area contributed by atoms with Gasteiger partial charge in [-0.25, -0.2) is 4.68 Å². The van der Waals surface area contributed by atoms with Crippen molar-refractivity contribution < 1.29 is 24.2 Å². The first-order valence-corrected chi connectivity index (χ1v) is 19.0. The summed E-state index contributed by atoms with van der Waals surface area (Å²) in [7, 11) is 0. The molecule has 0 bridgehead atoms. The molecular weight excluding hydrogens is 633 g/mol. The van der Waals surface area contributed by atoms with E-state index in [1.54, 1.807) is 18.7 Å². The molecule has 6 rings (SSSR count). The summed E-state index contributed by atoms with van der Waals surface area (Å²) in [5, 5.41) is 28.8. The van der Waals surface area contributed by atoms with E-state index in [-0.39, 0.29) is 46.4 Å². The van der Waals surface area contributed by atoms with E-state index in [1.165, 1.54) is 5.57 Å². The van der Waals surface area contributed by atoms with Crippen molar-refractivity contribution in [3.8, 4) is 11.8 Å². The molecule has 2 N–H and O–H groups in total. The number of esters is 1. The maximum Gasteiger partial charge on any atom is 0.306 e. The van der Waals surface area contributed by atoms with Crippen molar-refractivity contribution >= 4 is 46.6 Å². The summed E-state index contributed by atoms with van der Waals surface area (Å²) in [5.74, 6) is 0.554. The maximum atomic E-state index is 13.8. The van der Waals surface area contributed by atoms with E-state index >= 15 is 0 Å². The number of benzene rings is 1. The van der Waals surface area contributed by atoms with Crippen LogP contribution in [0.2, 0.25) is 0 Å². The van der Waals surface area contributed by atoms with Crippen molar-refractivity contribution in [1.82, 2.24) is 15.1 Å². The second kappa shape index (κ2) is 13.1. The molecule has 250 valence electrons. The van der Waals surface area contributed by atoms with Crippen LogP contribution in [0.25, 0.3) is 11.8 Å². The molecule has 1 heterocycles.